The van der Waals surface area contributed by atoms with Crippen LogP contribution in [-0.4, -0.2) is 33.0 Å². The summed E-state index contributed by atoms with van der Waals surface area (Å²) in [6.07, 6.45) is 0. The van der Waals surface area contributed by atoms with Gasteiger partial charge in [-0.3, -0.25) is 9.36 Å². The number of rotatable bonds is 10. The zero-order valence-electron chi connectivity index (χ0n) is 19.1. The SMILES string of the molecule is CCOc1ccc(-n2c(COc3ccc(Cl)cc3)nnc2SCC(=O)Nc2cc(Cl)cc(Cl)c2)cc1. The van der Waals surface area contributed by atoms with Gasteiger partial charge in [0.05, 0.1) is 12.4 Å². The lowest BCUT2D eigenvalue weighted by Gasteiger charge is -2.12. The molecule has 1 amide bonds. The monoisotopic (exact) mass is 562 g/mol. The topological polar surface area (TPSA) is 78.3 Å². The quantitative estimate of drug-likeness (QED) is 0.211. The molecule has 1 heterocycles. The van der Waals surface area contributed by atoms with Crippen LogP contribution in [0.2, 0.25) is 15.1 Å². The Hall–Kier alpha value is -2.91. The zero-order valence-corrected chi connectivity index (χ0v) is 22.2. The fourth-order valence-electron chi connectivity index (χ4n) is 3.24. The summed E-state index contributed by atoms with van der Waals surface area (Å²) in [7, 11) is 0. The molecule has 7 nitrogen and oxygen atoms in total. The van der Waals surface area contributed by atoms with Crippen LogP contribution in [0.5, 0.6) is 11.5 Å². The minimum absolute atomic E-state index is 0.0946. The molecule has 36 heavy (non-hydrogen) atoms. The van der Waals surface area contributed by atoms with E-state index in [4.69, 9.17) is 44.3 Å². The Morgan fingerprint density at radius 2 is 1.53 bits per heavy atom. The summed E-state index contributed by atoms with van der Waals surface area (Å²) in [6.45, 7) is 2.66. The first-order chi connectivity index (χ1) is 17.4. The van der Waals surface area contributed by atoms with Crippen LogP contribution >= 0.6 is 46.6 Å². The van der Waals surface area contributed by atoms with E-state index in [9.17, 15) is 4.79 Å². The van der Waals surface area contributed by atoms with Crippen molar-refractivity contribution >= 4 is 58.2 Å². The van der Waals surface area contributed by atoms with Gasteiger partial charge in [-0.15, -0.1) is 10.2 Å². The van der Waals surface area contributed by atoms with E-state index in [-0.39, 0.29) is 18.3 Å². The molecule has 0 saturated carbocycles. The second-order valence-electron chi connectivity index (χ2n) is 7.40. The Morgan fingerprint density at radius 1 is 0.889 bits per heavy atom. The van der Waals surface area contributed by atoms with Gasteiger partial charge in [-0.25, -0.2) is 0 Å². The molecule has 0 bridgehead atoms. The molecule has 186 valence electrons. The lowest BCUT2D eigenvalue weighted by molar-refractivity contribution is -0.113. The lowest BCUT2D eigenvalue weighted by Crippen LogP contribution is -2.15. The molecule has 0 saturated heterocycles. The molecule has 0 spiro atoms. The van der Waals surface area contributed by atoms with Crippen molar-refractivity contribution in [2.24, 2.45) is 0 Å². The first-order valence-electron chi connectivity index (χ1n) is 10.9. The standard InChI is InChI=1S/C25H21Cl3N4O3S/c1-2-34-21-9-5-20(6-10-21)32-23(14-35-22-7-3-16(26)4-8-22)30-31-25(32)36-15-24(33)29-19-12-17(27)11-18(28)13-19/h3-13H,2,14-15H2,1H3,(H,29,33). The lowest BCUT2D eigenvalue weighted by atomic mass is 10.3. The zero-order chi connectivity index (χ0) is 25.5. The fourth-order valence-corrected chi connectivity index (χ4v) is 4.66. The summed E-state index contributed by atoms with van der Waals surface area (Å²) in [5.41, 5.74) is 1.32. The summed E-state index contributed by atoms with van der Waals surface area (Å²) in [5, 5.41) is 13.4. The van der Waals surface area contributed by atoms with Crippen LogP contribution in [0.4, 0.5) is 5.69 Å². The number of ether oxygens (including phenoxy) is 2. The van der Waals surface area contributed by atoms with Gasteiger partial charge in [0.2, 0.25) is 5.91 Å². The molecule has 4 aromatic rings. The molecule has 0 fully saturated rings. The molecule has 0 aliphatic carbocycles. The van der Waals surface area contributed by atoms with E-state index >= 15 is 0 Å². The summed E-state index contributed by atoms with van der Waals surface area (Å²) in [5.74, 6) is 1.82. The number of hydrogen-bond acceptors (Lipinski definition) is 6. The highest BCUT2D eigenvalue weighted by Gasteiger charge is 2.17. The van der Waals surface area contributed by atoms with Crippen LogP contribution in [0.3, 0.4) is 0 Å². The second kappa shape index (κ2) is 12.4. The van der Waals surface area contributed by atoms with Crippen molar-refractivity contribution < 1.29 is 14.3 Å². The molecule has 0 aliphatic rings. The maximum Gasteiger partial charge on any atom is 0.234 e. The van der Waals surface area contributed by atoms with Crippen LogP contribution < -0.4 is 14.8 Å². The summed E-state index contributed by atoms with van der Waals surface area (Å²) >= 11 is 19.2. The summed E-state index contributed by atoms with van der Waals surface area (Å²) in [6, 6.07) is 19.5. The molecule has 11 heteroatoms. The van der Waals surface area contributed by atoms with Gasteiger partial charge in [-0.2, -0.15) is 0 Å². The number of halogens is 3. The van der Waals surface area contributed by atoms with Crippen LogP contribution in [0.1, 0.15) is 12.7 Å². The highest BCUT2D eigenvalue weighted by molar-refractivity contribution is 7.99. The molecule has 0 aliphatic heterocycles. The maximum absolute atomic E-state index is 12.6. The van der Waals surface area contributed by atoms with E-state index in [1.165, 1.54) is 11.8 Å². The number of thioether (sulfide) groups is 1. The minimum Gasteiger partial charge on any atom is -0.494 e. The van der Waals surface area contributed by atoms with Gasteiger partial charge in [-0.05, 0) is 73.7 Å². The van der Waals surface area contributed by atoms with Gasteiger partial charge < -0.3 is 14.8 Å². The predicted molar refractivity (Wildman–Crippen MR) is 144 cm³/mol. The Labute approximate surface area is 227 Å². The molecule has 0 unspecified atom stereocenters. The average molecular weight is 564 g/mol. The number of carbonyl (C=O) groups is 1. The van der Waals surface area contributed by atoms with Crippen molar-refractivity contribution in [3.63, 3.8) is 0 Å². The molecule has 0 radical (unpaired) electrons. The number of hydrogen-bond donors (Lipinski definition) is 1. The molecule has 0 atom stereocenters. The van der Waals surface area contributed by atoms with Gasteiger partial charge >= 0.3 is 0 Å². The Bertz CT molecular complexity index is 1310. The third-order valence-electron chi connectivity index (χ3n) is 4.77. The number of nitrogens with one attached hydrogen (secondary N) is 1. The Kier molecular flexibility index (Phi) is 8.98. The molecule has 3 aromatic carbocycles. The smallest absolute Gasteiger partial charge is 0.234 e. The van der Waals surface area contributed by atoms with Crippen molar-refractivity contribution in [1.29, 1.82) is 0 Å². The largest absolute Gasteiger partial charge is 0.494 e. The number of amides is 1. The summed E-state index contributed by atoms with van der Waals surface area (Å²) < 4.78 is 13.3. The minimum atomic E-state index is -0.237. The van der Waals surface area contributed by atoms with Gasteiger partial charge in [0.25, 0.3) is 0 Å². The van der Waals surface area contributed by atoms with Crippen molar-refractivity contribution in [2.45, 2.75) is 18.7 Å². The molecule has 4 rings (SSSR count). The third-order valence-corrected chi connectivity index (χ3v) is 6.38. The van der Waals surface area contributed by atoms with Crippen LogP contribution in [0.15, 0.2) is 71.9 Å². The predicted octanol–water partition coefficient (Wildman–Crippen LogP) is 6.94. The van der Waals surface area contributed by atoms with Crippen molar-refractivity contribution in [3.8, 4) is 17.2 Å². The number of nitrogens with zero attached hydrogens (tertiary/aromatic N) is 3. The number of benzene rings is 3. The Balaban J connectivity index is 1.52. The van der Waals surface area contributed by atoms with Crippen LogP contribution in [0, 0.1) is 0 Å². The fraction of sp³-hybridized carbons (Fsp3) is 0.160. The van der Waals surface area contributed by atoms with Crippen molar-refractivity contribution in [1.82, 2.24) is 14.8 Å². The van der Waals surface area contributed by atoms with Gasteiger partial charge in [0, 0.05) is 26.4 Å². The van der Waals surface area contributed by atoms with Crippen molar-refractivity contribution in [2.75, 3.05) is 17.7 Å². The number of anilines is 1. The Morgan fingerprint density at radius 3 is 2.19 bits per heavy atom. The molecular formula is C25H21Cl3N4O3S. The van der Waals surface area contributed by atoms with Crippen molar-refractivity contribution in [3.05, 3.63) is 87.6 Å². The van der Waals surface area contributed by atoms with E-state index in [2.05, 4.69) is 15.5 Å². The molecule has 1 aromatic heterocycles. The van der Waals surface area contributed by atoms with Gasteiger partial charge in [-0.1, -0.05) is 46.6 Å². The first-order valence-corrected chi connectivity index (χ1v) is 13.0. The first kappa shape index (κ1) is 26.2. The van der Waals surface area contributed by atoms with Crippen LogP contribution in [-0.2, 0) is 11.4 Å². The van der Waals surface area contributed by atoms with Gasteiger partial charge in [0.1, 0.15) is 18.1 Å². The van der Waals surface area contributed by atoms with Gasteiger partial charge in [0.15, 0.2) is 11.0 Å². The van der Waals surface area contributed by atoms with E-state index < -0.39 is 0 Å². The van der Waals surface area contributed by atoms with E-state index in [0.717, 1.165) is 11.4 Å². The third kappa shape index (κ3) is 7.07. The van der Waals surface area contributed by atoms with Crippen LogP contribution in [0.25, 0.3) is 5.69 Å². The number of carbonyl (C=O) groups excluding carboxylic acids is 1. The summed E-state index contributed by atoms with van der Waals surface area (Å²) in [4.78, 5) is 12.6. The highest BCUT2D eigenvalue weighted by atomic mass is 35.5. The molecular weight excluding hydrogens is 543 g/mol. The average Bonchev–Trinajstić information content (AvgIpc) is 3.25. The number of aromatic nitrogens is 3. The maximum atomic E-state index is 12.6. The van der Waals surface area contributed by atoms with E-state index in [0.29, 0.717) is 44.1 Å². The highest BCUT2D eigenvalue weighted by Crippen LogP contribution is 2.26. The molecule has 1 N–H and O–H groups in total. The normalized spacial score (nSPS) is 10.8. The second-order valence-corrected chi connectivity index (χ2v) is 9.65. The van der Waals surface area contributed by atoms with E-state index in [1.54, 1.807) is 42.5 Å². The van der Waals surface area contributed by atoms with E-state index in [1.807, 2.05) is 35.8 Å².